The topological polar surface area (TPSA) is 73.2 Å². The summed E-state index contributed by atoms with van der Waals surface area (Å²) in [6, 6.07) is 7.55. The normalized spacial score (nSPS) is 28.0. The molecule has 2 fully saturated rings. The molecule has 2 N–H and O–H groups in total. The first-order valence-electron chi connectivity index (χ1n) is 8.52. The van der Waals surface area contributed by atoms with Gasteiger partial charge in [-0.25, -0.2) is 0 Å². The van der Waals surface area contributed by atoms with Crippen LogP contribution in [0.2, 0.25) is 0 Å². The summed E-state index contributed by atoms with van der Waals surface area (Å²) < 4.78 is 5.53. The average molecular weight is 334 g/mol. The summed E-state index contributed by atoms with van der Waals surface area (Å²) in [6.45, 7) is 5.39. The van der Waals surface area contributed by atoms with E-state index in [1.165, 1.54) is 0 Å². The number of anilines is 1. The number of benzene rings is 1. The van der Waals surface area contributed by atoms with E-state index in [1.54, 1.807) is 4.90 Å². The van der Waals surface area contributed by atoms with Crippen LogP contribution in [0.1, 0.15) is 23.7 Å². The van der Waals surface area contributed by atoms with Crippen molar-refractivity contribution in [3.8, 4) is 0 Å². The van der Waals surface area contributed by atoms with Crippen molar-refractivity contribution in [2.45, 2.75) is 19.4 Å². The van der Waals surface area contributed by atoms with Gasteiger partial charge in [-0.2, -0.15) is 0 Å². The molecular weight excluding hydrogens is 308 g/mol. The van der Waals surface area contributed by atoms with Crippen LogP contribution < -0.4 is 4.90 Å². The fourth-order valence-electron chi connectivity index (χ4n) is 3.32. The van der Waals surface area contributed by atoms with Crippen molar-refractivity contribution in [3.63, 3.8) is 0 Å². The van der Waals surface area contributed by atoms with E-state index in [9.17, 15) is 15.0 Å². The molecule has 2 atom stereocenters. The van der Waals surface area contributed by atoms with Crippen LogP contribution in [0.4, 0.5) is 5.69 Å². The first-order valence-corrected chi connectivity index (χ1v) is 8.52. The van der Waals surface area contributed by atoms with E-state index in [2.05, 4.69) is 4.90 Å². The summed E-state index contributed by atoms with van der Waals surface area (Å²) in [5, 5.41) is 19.2. The first kappa shape index (κ1) is 17.2. The van der Waals surface area contributed by atoms with Crippen LogP contribution in [0.15, 0.2) is 24.3 Å². The fourth-order valence-corrected chi connectivity index (χ4v) is 3.32. The Bertz CT molecular complexity index is 577. The maximum absolute atomic E-state index is 12.8. The molecule has 0 aromatic heterocycles. The second-order valence-electron chi connectivity index (χ2n) is 7.18. The highest BCUT2D eigenvalue weighted by Crippen LogP contribution is 2.24. The SMILES string of the molecule is CC1(CO)COCCN(C(=O)c2ccc(N3CCC(O)C3)cc2)C1. The molecule has 2 saturated heterocycles. The molecule has 3 rings (SSSR count). The predicted octanol–water partition coefficient (Wildman–Crippen LogP) is 0.729. The maximum atomic E-state index is 12.8. The number of aliphatic hydroxyl groups is 2. The third-order valence-electron chi connectivity index (χ3n) is 4.84. The zero-order valence-electron chi connectivity index (χ0n) is 14.1. The van der Waals surface area contributed by atoms with Crippen molar-refractivity contribution in [2.24, 2.45) is 5.41 Å². The Kier molecular flexibility index (Phi) is 5.08. The number of aliphatic hydroxyl groups excluding tert-OH is 2. The Morgan fingerprint density at radius 3 is 2.71 bits per heavy atom. The summed E-state index contributed by atoms with van der Waals surface area (Å²) in [5.74, 6) is -0.0341. The standard InChI is InChI=1S/C18H26N2O4/c1-18(12-21)11-20(8-9-24-13-18)17(23)14-2-4-15(5-3-14)19-7-6-16(22)10-19/h2-5,16,21-22H,6-13H2,1H3. The Hall–Kier alpha value is -1.63. The van der Waals surface area contributed by atoms with E-state index in [4.69, 9.17) is 4.74 Å². The minimum atomic E-state index is -0.419. The van der Waals surface area contributed by atoms with E-state index in [1.807, 2.05) is 31.2 Å². The van der Waals surface area contributed by atoms with E-state index in [-0.39, 0.29) is 18.6 Å². The van der Waals surface area contributed by atoms with Gasteiger partial charge in [-0.15, -0.1) is 0 Å². The second kappa shape index (κ2) is 7.09. The summed E-state index contributed by atoms with van der Waals surface area (Å²) >= 11 is 0. The summed E-state index contributed by atoms with van der Waals surface area (Å²) in [4.78, 5) is 16.7. The Labute approximate surface area is 142 Å². The Balaban J connectivity index is 1.70. The number of hydrogen-bond donors (Lipinski definition) is 2. The van der Waals surface area contributed by atoms with Gasteiger partial charge in [-0.1, -0.05) is 6.92 Å². The van der Waals surface area contributed by atoms with Crippen LogP contribution in [0.3, 0.4) is 0 Å². The Morgan fingerprint density at radius 2 is 2.08 bits per heavy atom. The lowest BCUT2D eigenvalue weighted by atomic mass is 9.92. The number of nitrogens with zero attached hydrogens (tertiary/aromatic N) is 2. The van der Waals surface area contributed by atoms with Crippen molar-refractivity contribution in [1.29, 1.82) is 0 Å². The van der Waals surface area contributed by atoms with Gasteiger partial charge in [0.1, 0.15) is 0 Å². The molecule has 1 amide bonds. The zero-order chi connectivity index (χ0) is 17.2. The number of ether oxygens (including phenoxy) is 1. The van der Waals surface area contributed by atoms with Gasteiger partial charge in [0.25, 0.3) is 5.91 Å². The van der Waals surface area contributed by atoms with Crippen molar-refractivity contribution < 1.29 is 19.7 Å². The van der Waals surface area contributed by atoms with E-state index in [0.29, 0.717) is 38.4 Å². The van der Waals surface area contributed by atoms with Gasteiger partial charge in [0, 0.05) is 42.8 Å². The molecule has 2 unspecified atom stereocenters. The molecule has 0 spiro atoms. The molecule has 0 bridgehead atoms. The van der Waals surface area contributed by atoms with Crippen LogP contribution in [0.25, 0.3) is 0 Å². The lowest BCUT2D eigenvalue weighted by Gasteiger charge is -2.30. The number of amides is 1. The molecule has 0 aliphatic carbocycles. The van der Waals surface area contributed by atoms with Gasteiger partial charge in [-0.05, 0) is 30.7 Å². The third kappa shape index (κ3) is 3.71. The van der Waals surface area contributed by atoms with Crippen molar-refractivity contribution in [1.82, 2.24) is 4.90 Å². The van der Waals surface area contributed by atoms with E-state index in [0.717, 1.165) is 18.7 Å². The van der Waals surface area contributed by atoms with Gasteiger partial charge < -0.3 is 24.7 Å². The fraction of sp³-hybridized carbons (Fsp3) is 0.611. The highest BCUT2D eigenvalue weighted by atomic mass is 16.5. The summed E-state index contributed by atoms with van der Waals surface area (Å²) in [5.41, 5.74) is 1.25. The van der Waals surface area contributed by atoms with Crippen LogP contribution in [0.5, 0.6) is 0 Å². The number of rotatable bonds is 3. The predicted molar refractivity (Wildman–Crippen MR) is 91.2 cm³/mol. The van der Waals surface area contributed by atoms with Gasteiger partial charge in [0.2, 0.25) is 0 Å². The monoisotopic (exact) mass is 334 g/mol. The van der Waals surface area contributed by atoms with E-state index < -0.39 is 5.41 Å². The largest absolute Gasteiger partial charge is 0.396 e. The molecule has 1 aromatic carbocycles. The van der Waals surface area contributed by atoms with Crippen LogP contribution in [0, 0.1) is 5.41 Å². The minimum Gasteiger partial charge on any atom is -0.396 e. The molecule has 6 heteroatoms. The highest BCUT2D eigenvalue weighted by Gasteiger charge is 2.32. The molecule has 2 heterocycles. The Morgan fingerprint density at radius 1 is 1.33 bits per heavy atom. The van der Waals surface area contributed by atoms with Gasteiger partial charge in [-0.3, -0.25) is 4.79 Å². The first-order chi connectivity index (χ1) is 11.5. The quantitative estimate of drug-likeness (QED) is 0.852. The van der Waals surface area contributed by atoms with Crippen molar-refractivity contribution >= 4 is 11.6 Å². The lowest BCUT2D eigenvalue weighted by molar-refractivity contribution is 0.0340. The average Bonchev–Trinajstić information content (AvgIpc) is 2.93. The van der Waals surface area contributed by atoms with Crippen molar-refractivity contribution in [2.75, 3.05) is 50.9 Å². The molecule has 2 aliphatic rings. The molecule has 2 aliphatic heterocycles. The highest BCUT2D eigenvalue weighted by molar-refractivity contribution is 5.94. The maximum Gasteiger partial charge on any atom is 0.253 e. The molecule has 0 saturated carbocycles. The zero-order valence-corrected chi connectivity index (χ0v) is 14.1. The third-order valence-corrected chi connectivity index (χ3v) is 4.84. The number of carbonyl (C=O) groups is 1. The van der Waals surface area contributed by atoms with Crippen molar-refractivity contribution in [3.05, 3.63) is 29.8 Å². The lowest BCUT2D eigenvalue weighted by Crippen LogP contribution is -2.42. The number of carbonyl (C=O) groups excluding carboxylic acids is 1. The molecule has 1 aromatic rings. The second-order valence-corrected chi connectivity index (χ2v) is 7.18. The number of β-amino-alcohol motifs (C(OH)–C–C–N with tert-alkyl or cyclic N) is 1. The molecule has 6 nitrogen and oxygen atoms in total. The molecule has 0 radical (unpaired) electrons. The summed E-state index contributed by atoms with van der Waals surface area (Å²) in [6.07, 6.45) is 0.522. The molecule has 24 heavy (non-hydrogen) atoms. The van der Waals surface area contributed by atoms with Crippen LogP contribution in [-0.4, -0.2) is 73.1 Å². The van der Waals surface area contributed by atoms with E-state index >= 15 is 0 Å². The number of hydrogen-bond acceptors (Lipinski definition) is 5. The van der Waals surface area contributed by atoms with Crippen LogP contribution >= 0.6 is 0 Å². The van der Waals surface area contributed by atoms with Gasteiger partial charge >= 0.3 is 0 Å². The smallest absolute Gasteiger partial charge is 0.253 e. The minimum absolute atomic E-state index is 0.00694. The van der Waals surface area contributed by atoms with Gasteiger partial charge in [0.15, 0.2) is 0 Å². The van der Waals surface area contributed by atoms with Gasteiger partial charge in [0.05, 0.1) is 25.9 Å². The molecule has 132 valence electrons. The molecular formula is C18H26N2O4. The summed E-state index contributed by atoms with van der Waals surface area (Å²) in [7, 11) is 0. The van der Waals surface area contributed by atoms with Crippen LogP contribution in [-0.2, 0) is 4.74 Å².